The number of aromatic nitrogens is 1. The van der Waals surface area contributed by atoms with Gasteiger partial charge in [-0.25, -0.2) is 4.39 Å². The van der Waals surface area contributed by atoms with E-state index in [9.17, 15) is 4.39 Å². The number of nitrogens with zero attached hydrogens (tertiary/aromatic N) is 1. The third kappa shape index (κ3) is 2.06. The minimum Gasteiger partial charge on any atom is -0.384 e. The van der Waals surface area contributed by atoms with E-state index in [4.69, 9.17) is 0 Å². The smallest absolute Gasteiger partial charge is 0.124 e. The molecule has 2 rings (SSSR count). The van der Waals surface area contributed by atoms with Crippen LogP contribution in [-0.4, -0.2) is 11.5 Å². The first-order valence-electron chi connectivity index (χ1n) is 5.09. The first-order chi connectivity index (χ1) is 7.31. The Kier molecular flexibility index (Phi) is 2.81. The second-order valence-corrected chi connectivity index (χ2v) is 3.45. The summed E-state index contributed by atoms with van der Waals surface area (Å²) in [5.41, 5.74) is 1.76. The van der Waals surface area contributed by atoms with E-state index in [1.54, 1.807) is 12.3 Å². The van der Waals surface area contributed by atoms with E-state index < -0.39 is 0 Å². The molecule has 3 heteroatoms. The van der Waals surface area contributed by atoms with Crippen molar-refractivity contribution >= 4 is 16.6 Å². The quantitative estimate of drug-likeness (QED) is 0.830. The van der Waals surface area contributed by atoms with Gasteiger partial charge in [-0.05, 0) is 30.7 Å². The molecule has 78 valence electrons. The topological polar surface area (TPSA) is 24.9 Å². The monoisotopic (exact) mass is 204 g/mol. The van der Waals surface area contributed by atoms with Crippen LogP contribution in [0.25, 0.3) is 10.9 Å². The Morgan fingerprint density at radius 2 is 2.20 bits per heavy atom. The lowest BCUT2D eigenvalue weighted by Gasteiger charge is -2.07. The Morgan fingerprint density at radius 3 is 3.00 bits per heavy atom. The molecule has 2 aromatic rings. The Hall–Kier alpha value is -1.64. The van der Waals surface area contributed by atoms with Crippen LogP contribution in [0.15, 0.2) is 30.5 Å². The van der Waals surface area contributed by atoms with E-state index in [2.05, 4.69) is 17.2 Å². The van der Waals surface area contributed by atoms with Gasteiger partial charge in [0.1, 0.15) is 5.82 Å². The maximum atomic E-state index is 13.1. The highest BCUT2D eigenvalue weighted by Gasteiger charge is 2.02. The number of hydrogen-bond donors (Lipinski definition) is 1. The molecule has 1 heterocycles. The molecule has 0 bridgehead atoms. The van der Waals surface area contributed by atoms with Gasteiger partial charge in [0, 0.05) is 23.8 Å². The largest absolute Gasteiger partial charge is 0.384 e. The number of fused-ring (bicyclic) bond motifs is 1. The molecule has 0 saturated carbocycles. The van der Waals surface area contributed by atoms with E-state index in [1.807, 2.05) is 6.07 Å². The molecule has 1 aromatic heterocycles. The van der Waals surface area contributed by atoms with Crippen molar-refractivity contribution in [3.05, 3.63) is 36.3 Å². The first-order valence-corrected chi connectivity index (χ1v) is 5.09. The number of rotatable bonds is 3. The summed E-state index contributed by atoms with van der Waals surface area (Å²) in [6.07, 6.45) is 2.78. The normalized spacial score (nSPS) is 10.5. The van der Waals surface area contributed by atoms with Gasteiger partial charge in [-0.15, -0.1) is 0 Å². The van der Waals surface area contributed by atoms with Gasteiger partial charge in [-0.1, -0.05) is 6.92 Å². The molecule has 0 unspecified atom stereocenters. The summed E-state index contributed by atoms with van der Waals surface area (Å²) in [6, 6.07) is 6.51. The van der Waals surface area contributed by atoms with Crippen molar-refractivity contribution in [1.29, 1.82) is 0 Å². The predicted octanol–water partition coefficient (Wildman–Crippen LogP) is 3.20. The van der Waals surface area contributed by atoms with Gasteiger partial charge in [0.25, 0.3) is 0 Å². The summed E-state index contributed by atoms with van der Waals surface area (Å²) in [6.45, 7) is 2.98. The summed E-state index contributed by atoms with van der Waals surface area (Å²) < 4.78 is 13.1. The number of pyridine rings is 1. The van der Waals surface area contributed by atoms with Gasteiger partial charge in [-0.3, -0.25) is 4.98 Å². The SMILES string of the molecule is CCCNc1ccnc2ccc(F)cc12. The summed E-state index contributed by atoms with van der Waals surface area (Å²) in [4.78, 5) is 4.18. The molecular weight excluding hydrogens is 191 g/mol. The summed E-state index contributed by atoms with van der Waals surface area (Å²) in [5.74, 6) is -0.227. The molecule has 0 saturated heterocycles. The van der Waals surface area contributed by atoms with Crippen LogP contribution >= 0.6 is 0 Å². The number of hydrogen-bond acceptors (Lipinski definition) is 2. The van der Waals surface area contributed by atoms with Crippen LogP contribution in [0.2, 0.25) is 0 Å². The minimum atomic E-state index is -0.227. The molecule has 0 aliphatic carbocycles. The van der Waals surface area contributed by atoms with Gasteiger partial charge in [0.15, 0.2) is 0 Å². The fourth-order valence-electron chi connectivity index (χ4n) is 1.53. The second kappa shape index (κ2) is 4.26. The van der Waals surface area contributed by atoms with Gasteiger partial charge in [0.05, 0.1) is 5.52 Å². The van der Waals surface area contributed by atoms with Crippen LogP contribution in [0.5, 0.6) is 0 Å². The fraction of sp³-hybridized carbons (Fsp3) is 0.250. The van der Waals surface area contributed by atoms with Crippen LogP contribution in [-0.2, 0) is 0 Å². The van der Waals surface area contributed by atoms with Gasteiger partial charge >= 0.3 is 0 Å². The van der Waals surface area contributed by atoms with Crippen molar-refractivity contribution in [2.24, 2.45) is 0 Å². The third-order valence-corrected chi connectivity index (χ3v) is 2.27. The molecule has 1 aromatic carbocycles. The molecule has 0 atom stereocenters. The Morgan fingerprint density at radius 1 is 1.33 bits per heavy atom. The fourth-order valence-corrected chi connectivity index (χ4v) is 1.53. The molecular formula is C12H13FN2. The van der Waals surface area contributed by atoms with Crippen molar-refractivity contribution in [3.8, 4) is 0 Å². The van der Waals surface area contributed by atoms with Gasteiger partial charge < -0.3 is 5.32 Å². The first kappa shape index (κ1) is 9.90. The van der Waals surface area contributed by atoms with Gasteiger partial charge in [-0.2, -0.15) is 0 Å². The van der Waals surface area contributed by atoms with Crippen molar-refractivity contribution < 1.29 is 4.39 Å². The highest BCUT2D eigenvalue weighted by molar-refractivity contribution is 5.90. The van der Waals surface area contributed by atoms with E-state index in [0.717, 1.165) is 29.6 Å². The van der Waals surface area contributed by atoms with Crippen LogP contribution in [0.4, 0.5) is 10.1 Å². The highest BCUT2D eigenvalue weighted by atomic mass is 19.1. The molecule has 15 heavy (non-hydrogen) atoms. The predicted molar refractivity (Wildman–Crippen MR) is 60.5 cm³/mol. The summed E-state index contributed by atoms with van der Waals surface area (Å²) >= 11 is 0. The maximum absolute atomic E-state index is 13.1. The van der Waals surface area contributed by atoms with Crippen LogP contribution in [0, 0.1) is 5.82 Å². The zero-order valence-electron chi connectivity index (χ0n) is 8.63. The van der Waals surface area contributed by atoms with Crippen molar-refractivity contribution in [3.63, 3.8) is 0 Å². The number of nitrogens with one attached hydrogen (secondary N) is 1. The van der Waals surface area contributed by atoms with E-state index >= 15 is 0 Å². The molecule has 0 aliphatic rings. The minimum absolute atomic E-state index is 0.227. The molecule has 0 fully saturated rings. The summed E-state index contributed by atoms with van der Waals surface area (Å²) in [7, 11) is 0. The number of halogens is 1. The Bertz CT molecular complexity index is 468. The average Bonchev–Trinajstić information content (AvgIpc) is 2.26. The molecule has 0 radical (unpaired) electrons. The number of anilines is 1. The lowest BCUT2D eigenvalue weighted by atomic mass is 10.2. The molecule has 0 spiro atoms. The third-order valence-electron chi connectivity index (χ3n) is 2.27. The van der Waals surface area contributed by atoms with Crippen LogP contribution in [0.3, 0.4) is 0 Å². The van der Waals surface area contributed by atoms with Gasteiger partial charge in [0.2, 0.25) is 0 Å². The highest BCUT2D eigenvalue weighted by Crippen LogP contribution is 2.22. The van der Waals surface area contributed by atoms with E-state index in [-0.39, 0.29) is 5.82 Å². The lowest BCUT2D eigenvalue weighted by molar-refractivity contribution is 0.629. The molecule has 0 amide bonds. The van der Waals surface area contributed by atoms with Crippen molar-refractivity contribution in [2.45, 2.75) is 13.3 Å². The molecule has 0 aliphatic heterocycles. The van der Waals surface area contributed by atoms with E-state index in [0.29, 0.717) is 0 Å². The maximum Gasteiger partial charge on any atom is 0.124 e. The second-order valence-electron chi connectivity index (χ2n) is 3.45. The van der Waals surface area contributed by atoms with Crippen LogP contribution < -0.4 is 5.32 Å². The molecule has 1 N–H and O–H groups in total. The van der Waals surface area contributed by atoms with E-state index in [1.165, 1.54) is 12.1 Å². The standard InChI is InChI=1S/C12H13FN2/c1-2-6-14-12-5-7-15-11-4-3-9(13)8-10(11)12/h3-5,7-8H,2,6H2,1H3,(H,14,15). The lowest BCUT2D eigenvalue weighted by Crippen LogP contribution is -2.00. The van der Waals surface area contributed by atoms with Crippen molar-refractivity contribution in [1.82, 2.24) is 4.98 Å². The Labute approximate surface area is 88.1 Å². The van der Waals surface area contributed by atoms with Crippen LogP contribution in [0.1, 0.15) is 13.3 Å². The zero-order valence-corrected chi connectivity index (χ0v) is 8.63. The Balaban J connectivity index is 2.48. The van der Waals surface area contributed by atoms with Crippen molar-refractivity contribution in [2.75, 3.05) is 11.9 Å². The number of benzene rings is 1. The zero-order chi connectivity index (χ0) is 10.7. The molecule has 2 nitrogen and oxygen atoms in total. The summed E-state index contributed by atoms with van der Waals surface area (Å²) in [5, 5.41) is 4.10. The average molecular weight is 204 g/mol.